The van der Waals surface area contributed by atoms with Crippen molar-refractivity contribution in [2.75, 3.05) is 12.3 Å². The highest BCUT2D eigenvalue weighted by Crippen LogP contribution is 2.29. The van der Waals surface area contributed by atoms with Crippen LogP contribution in [0.25, 0.3) is 0 Å². The lowest BCUT2D eigenvalue weighted by Crippen LogP contribution is -2.31. The zero-order valence-electron chi connectivity index (χ0n) is 16.2. The maximum Gasteiger partial charge on any atom is 0.153 e. The van der Waals surface area contributed by atoms with Crippen LogP contribution in [0.2, 0.25) is 5.02 Å². The average Bonchev–Trinajstić information content (AvgIpc) is 2.82. The van der Waals surface area contributed by atoms with Gasteiger partial charge in [-0.2, -0.15) is 0 Å². The monoisotopic (exact) mass is 417 g/mol. The number of nitrogens with one attached hydrogen (secondary N) is 1. The molecule has 2 aromatic carbocycles. The summed E-state index contributed by atoms with van der Waals surface area (Å²) < 4.78 is 24.9. The molecule has 1 fully saturated rings. The van der Waals surface area contributed by atoms with E-state index in [1.807, 2.05) is 12.1 Å². The Bertz CT molecular complexity index is 920. The molecule has 5 heteroatoms. The van der Waals surface area contributed by atoms with Crippen LogP contribution >= 0.6 is 11.6 Å². The Kier molecular flexibility index (Phi) is 6.10. The Morgan fingerprint density at radius 1 is 1.00 bits per heavy atom. The van der Waals surface area contributed by atoms with Gasteiger partial charge in [0.05, 0.1) is 11.0 Å². The maximum atomic E-state index is 12.4. The van der Waals surface area contributed by atoms with Gasteiger partial charge in [0.15, 0.2) is 9.84 Å². The number of hydrogen-bond donors (Lipinski definition) is 1. The van der Waals surface area contributed by atoms with E-state index in [2.05, 4.69) is 35.6 Å². The fraction of sp³-hybridized carbons (Fsp3) is 0.478. The molecule has 1 aliphatic heterocycles. The van der Waals surface area contributed by atoms with Crippen molar-refractivity contribution < 1.29 is 8.42 Å². The Hall–Kier alpha value is -1.36. The molecule has 2 aliphatic rings. The van der Waals surface area contributed by atoms with E-state index in [0.29, 0.717) is 6.42 Å². The number of fused-ring (bicyclic) bond motifs is 1. The molecule has 1 N–H and O–H groups in total. The third-order valence-electron chi connectivity index (χ3n) is 6.19. The average molecular weight is 418 g/mol. The van der Waals surface area contributed by atoms with Crippen molar-refractivity contribution in [1.82, 2.24) is 5.32 Å². The van der Waals surface area contributed by atoms with Crippen LogP contribution in [0, 0.1) is 0 Å². The zero-order chi connectivity index (χ0) is 19.6. The van der Waals surface area contributed by atoms with Gasteiger partial charge in [-0.25, -0.2) is 8.42 Å². The van der Waals surface area contributed by atoms with Crippen LogP contribution in [0.4, 0.5) is 0 Å². The second-order valence-electron chi connectivity index (χ2n) is 8.14. The minimum atomic E-state index is -2.94. The highest BCUT2D eigenvalue weighted by molar-refractivity contribution is 7.92. The number of aryl methyl sites for hydroxylation is 2. The SMILES string of the molecule is O=S(=O)(CCc1ccc2c(c1)C(Cc1ccc(Cl)cc1)NCCC2)C1CCC1. The van der Waals surface area contributed by atoms with E-state index in [1.54, 1.807) is 0 Å². The molecular formula is C23H28ClNO2S. The van der Waals surface area contributed by atoms with Crippen molar-refractivity contribution in [3.63, 3.8) is 0 Å². The van der Waals surface area contributed by atoms with Crippen LogP contribution in [-0.2, 0) is 29.1 Å². The largest absolute Gasteiger partial charge is 0.310 e. The van der Waals surface area contributed by atoms with E-state index in [9.17, 15) is 8.42 Å². The molecule has 0 bridgehead atoms. The van der Waals surface area contributed by atoms with Gasteiger partial charge in [-0.3, -0.25) is 0 Å². The van der Waals surface area contributed by atoms with E-state index in [4.69, 9.17) is 11.6 Å². The molecule has 1 atom stereocenters. The molecule has 1 unspecified atom stereocenters. The Labute approximate surface area is 173 Å². The number of hydrogen-bond acceptors (Lipinski definition) is 3. The van der Waals surface area contributed by atoms with Crippen molar-refractivity contribution in [1.29, 1.82) is 0 Å². The first-order valence-electron chi connectivity index (χ1n) is 10.3. The molecule has 1 heterocycles. The summed E-state index contributed by atoms with van der Waals surface area (Å²) in [6.45, 7) is 0.998. The van der Waals surface area contributed by atoms with Crippen molar-refractivity contribution >= 4 is 21.4 Å². The first-order valence-corrected chi connectivity index (χ1v) is 12.4. The predicted molar refractivity (Wildman–Crippen MR) is 116 cm³/mol. The summed E-state index contributed by atoms with van der Waals surface area (Å²) in [6.07, 6.45) is 6.47. The highest BCUT2D eigenvalue weighted by atomic mass is 35.5. The van der Waals surface area contributed by atoms with Gasteiger partial charge in [-0.15, -0.1) is 0 Å². The van der Waals surface area contributed by atoms with Gasteiger partial charge in [0, 0.05) is 11.1 Å². The minimum Gasteiger partial charge on any atom is -0.310 e. The normalized spacial score (nSPS) is 20.2. The summed E-state index contributed by atoms with van der Waals surface area (Å²) in [5.74, 6) is 0.270. The van der Waals surface area contributed by atoms with E-state index in [0.717, 1.165) is 55.7 Å². The lowest BCUT2D eigenvalue weighted by Gasteiger charge is -2.25. The van der Waals surface area contributed by atoms with Gasteiger partial charge >= 0.3 is 0 Å². The van der Waals surface area contributed by atoms with Crippen molar-refractivity contribution in [2.24, 2.45) is 0 Å². The molecular weight excluding hydrogens is 390 g/mol. The Morgan fingerprint density at radius 3 is 2.46 bits per heavy atom. The predicted octanol–water partition coefficient (Wildman–Crippen LogP) is 4.67. The van der Waals surface area contributed by atoms with Gasteiger partial charge in [-0.05, 0) is 79.5 Å². The number of rotatable bonds is 6. The maximum absolute atomic E-state index is 12.4. The van der Waals surface area contributed by atoms with Gasteiger partial charge in [0.2, 0.25) is 0 Å². The fourth-order valence-corrected chi connectivity index (χ4v) is 6.24. The number of sulfone groups is 1. The molecule has 0 amide bonds. The fourth-order valence-electron chi connectivity index (χ4n) is 4.21. The third-order valence-corrected chi connectivity index (χ3v) is 8.70. The summed E-state index contributed by atoms with van der Waals surface area (Å²) >= 11 is 6.03. The number of benzene rings is 2. The second-order valence-corrected chi connectivity index (χ2v) is 11.0. The molecule has 0 radical (unpaired) electrons. The molecule has 4 rings (SSSR count). The summed E-state index contributed by atoms with van der Waals surface area (Å²) in [4.78, 5) is 0. The topological polar surface area (TPSA) is 46.2 Å². The second kappa shape index (κ2) is 8.56. The summed E-state index contributed by atoms with van der Waals surface area (Å²) in [5, 5.41) is 4.35. The molecule has 1 aliphatic carbocycles. The van der Waals surface area contributed by atoms with Crippen LogP contribution < -0.4 is 5.32 Å². The van der Waals surface area contributed by atoms with E-state index in [-0.39, 0.29) is 17.0 Å². The smallest absolute Gasteiger partial charge is 0.153 e. The summed E-state index contributed by atoms with van der Waals surface area (Å²) in [6, 6.07) is 14.9. The lowest BCUT2D eigenvalue weighted by atomic mass is 9.92. The van der Waals surface area contributed by atoms with Crippen molar-refractivity contribution in [2.45, 2.75) is 56.2 Å². The molecule has 28 heavy (non-hydrogen) atoms. The van der Waals surface area contributed by atoms with Crippen molar-refractivity contribution in [3.8, 4) is 0 Å². The van der Waals surface area contributed by atoms with Gasteiger partial charge < -0.3 is 5.32 Å². The first kappa shape index (κ1) is 19.9. The minimum absolute atomic E-state index is 0.0901. The van der Waals surface area contributed by atoms with E-state index < -0.39 is 9.84 Å². The van der Waals surface area contributed by atoms with Crippen LogP contribution in [-0.4, -0.2) is 26.0 Å². The summed E-state index contributed by atoms with van der Waals surface area (Å²) in [7, 11) is -2.94. The molecule has 0 aromatic heterocycles. The van der Waals surface area contributed by atoms with Crippen LogP contribution in [0.1, 0.15) is 54.0 Å². The Morgan fingerprint density at radius 2 is 1.75 bits per heavy atom. The quantitative estimate of drug-likeness (QED) is 0.742. The zero-order valence-corrected chi connectivity index (χ0v) is 17.7. The van der Waals surface area contributed by atoms with Crippen LogP contribution in [0.3, 0.4) is 0 Å². The van der Waals surface area contributed by atoms with Gasteiger partial charge in [-0.1, -0.05) is 48.4 Å². The van der Waals surface area contributed by atoms with Gasteiger partial charge in [0.1, 0.15) is 0 Å². The molecule has 1 saturated carbocycles. The Balaban J connectivity index is 1.52. The van der Waals surface area contributed by atoms with E-state index in [1.165, 1.54) is 16.7 Å². The summed E-state index contributed by atoms with van der Waals surface area (Å²) in [5.41, 5.74) is 5.10. The van der Waals surface area contributed by atoms with E-state index >= 15 is 0 Å². The molecule has 0 saturated heterocycles. The molecule has 0 spiro atoms. The molecule has 2 aromatic rings. The molecule has 3 nitrogen and oxygen atoms in total. The third kappa shape index (κ3) is 4.61. The molecule has 150 valence electrons. The first-order chi connectivity index (χ1) is 13.5. The van der Waals surface area contributed by atoms with Crippen LogP contribution in [0.15, 0.2) is 42.5 Å². The van der Waals surface area contributed by atoms with Crippen LogP contribution in [0.5, 0.6) is 0 Å². The highest BCUT2D eigenvalue weighted by Gasteiger charge is 2.30. The van der Waals surface area contributed by atoms with Crippen molar-refractivity contribution in [3.05, 3.63) is 69.7 Å². The number of halogens is 1. The standard InChI is InChI=1S/C23H28ClNO2S/c24-20-10-7-17(8-11-20)16-23-22-15-18(6-9-19(22)3-2-13-25-23)12-14-28(26,27)21-4-1-5-21/h6-11,15,21,23,25H,1-5,12-14,16H2. The lowest BCUT2D eigenvalue weighted by molar-refractivity contribution is 0.476. The van der Waals surface area contributed by atoms with Gasteiger partial charge in [0.25, 0.3) is 0 Å².